The molecule has 0 spiro atoms. The van der Waals surface area contributed by atoms with Gasteiger partial charge in [0.1, 0.15) is 0 Å². The fourth-order valence-corrected chi connectivity index (χ4v) is 4.96. The molecular weight excluding hydrogens is 378 g/mol. The van der Waals surface area contributed by atoms with Crippen LogP contribution in [0.1, 0.15) is 42.1 Å². The molecule has 0 aromatic heterocycles. The SMILES string of the molecule is Cc1cc(N2CCC(N3CCCC3C)C2)ccc1NC(=O)c1ccc2c(c1)OCO2. The van der Waals surface area contributed by atoms with Crippen molar-refractivity contribution in [2.75, 3.05) is 36.6 Å². The maximum absolute atomic E-state index is 12.7. The van der Waals surface area contributed by atoms with Crippen LogP contribution in [0.25, 0.3) is 0 Å². The molecule has 3 aliphatic rings. The first-order valence-corrected chi connectivity index (χ1v) is 10.9. The van der Waals surface area contributed by atoms with E-state index in [4.69, 9.17) is 9.47 Å². The molecule has 0 saturated carbocycles. The number of rotatable bonds is 4. The van der Waals surface area contributed by atoms with Crippen LogP contribution in [0.3, 0.4) is 0 Å². The van der Waals surface area contributed by atoms with Crippen molar-refractivity contribution >= 4 is 17.3 Å². The van der Waals surface area contributed by atoms with Crippen LogP contribution in [-0.4, -0.2) is 49.3 Å². The second-order valence-electron chi connectivity index (χ2n) is 8.64. The van der Waals surface area contributed by atoms with E-state index >= 15 is 0 Å². The van der Waals surface area contributed by atoms with Crippen molar-refractivity contribution < 1.29 is 14.3 Å². The third-order valence-electron chi connectivity index (χ3n) is 6.69. The lowest BCUT2D eigenvalue weighted by atomic mass is 10.1. The van der Waals surface area contributed by atoms with Gasteiger partial charge in [0.05, 0.1) is 0 Å². The summed E-state index contributed by atoms with van der Waals surface area (Å²) in [5.74, 6) is 1.15. The van der Waals surface area contributed by atoms with Gasteiger partial charge in [-0.25, -0.2) is 0 Å². The molecule has 2 atom stereocenters. The van der Waals surface area contributed by atoms with E-state index in [0.717, 1.165) is 24.3 Å². The highest BCUT2D eigenvalue weighted by molar-refractivity contribution is 6.05. The Bertz CT molecular complexity index is 961. The fraction of sp³-hybridized carbons (Fsp3) is 0.458. The van der Waals surface area contributed by atoms with Gasteiger partial charge in [0.25, 0.3) is 5.91 Å². The highest BCUT2D eigenvalue weighted by atomic mass is 16.7. The minimum atomic E-state index is -0.145. The number of nitrogens with one attached hydrogen (secondary N) is 1. The summed E-state index contributed by atoms with van der Waals surface area (Å²) in [5, 5.41) is 3.03. The second-order valence-corrected chi connectivity index (χ2v) is 8.64. The first kappa shape index (κ1) is 19.2. The van der Waals surface area contributed by atoms with Gasteiger partial charge in [0.2, 0.25) is 6.79 Å². The summed E-state index contributed by atoms with van der Waals surface area (Å²) in [5.41, 5.74) is 3.71. The number of hydrogen-bond acceptors (Lipinski definition) is 5. The third-order valence-corrected chi connectivity index (χ3v) is 6.69. The zero-order valence-electron chi connectivity index (χ0n) is 17.7. The molecule has 30 heavy (non-hydrogen) atoms. The van der Waals surface area contributed by atoms with Gasteiger partial charge < -0.3 is 19.7 Å². The number of likely N-dealkylation sites (tertiary alicyclic amines) is 1. The van der Waals surface area contributed by atoms with Gasteiger partial charge in [-0.3, -0.25) is 9.69 Å². The number of anilines is 2. The fourth-order valence-electron chi connectivity index (χ4n) is 4.96. The molecule has 2 fully saturated rings. The molecule has 0 radical (unpaired) electrons. The standard InChI is InChI=1S/C24H29N3O3/c1-16-12-19(26-11-9-20(14-26)27-10-3-4-17(27)2)6-7-21(16)25-24(28)18-5-8-22-23(13-18)30-15-29-22/h5-8,12-13,17,20H,3-4,9-11,14-15H2,1-2H3,(H,25,28). The molecule has 3 aliphatic heterocycles. The van der Waals surface area contributed by atoms with Gasteiger partial charge in [0.15, 0.2) is 11.5 Å². The highest BCUT2D eigenvalue weighted by Gasteiger charge is 2.33. The average Bonchev–Trinajstić information content (AvgIpc) is 3.48. The van der Waals surface area contributed by atoms with Crippen LogP contribution in [0.2, 0.25) is 0 Å². The first-order chi connectivity index (χ1) is 14.6. The van der Waals surface area contributed by atoms with Crippen LogP contribution in [-0.2, 0) is 0 Å². The quantitative estimate of drug-likeness (QED) is 0.829. The predicted molar refractivity (Wildman–Crippen MR) is 118 cm³/mol. The minimum Gasteiger partial charge on any atom is -0.454 e. The third kappa shape index (κ3) is 3.60. The van der Waals surface area contributed by atoms with E-state index < -0.39 is 0 Å². The van der Waals surface area contributed by atoms with Crippen LogP contribution in [0, 0.1) is 6.92 Å². The lowest BCUT2D eigenvalue weighted by Crippen LogP contribution is -2.39. The van der Waals surface area contributed by atoms with Crippen molar-refractivity contribution in [1.29, 1.82) is 0 Å². The smallest absolute Gasteiger partial charge is 0.255 e. The number of carbonyl (C=O) groups is 1. The molecular formula is C24H29N3O3. The normalized spacial score (nSPS) is 23.2. The van der Waals surface area contributed by atoms with Crippen molar-refractivity contribution in [1.82, 2.24) is 4.90 Å². The van der Waals surface area contributed by atoms with Crippen LogP contribution < -0.4 is 19.7 Å². The molecule has 5 rings (SSSR count). The van der Waals surface area contributed by atoms with Gasteiger partial charge in [-0.05, 0) is 81.6 Å². The molecule has 2 aromatic rings. The van der Waals surface area contributed by atoms with E-state index in [1.807, 2.05) is 6.07 Å². The minimum absolute atomic E-state index is 0.145. The van der Waals surface area contributed by atoms with Gasteiger partial charge >= 0.3 is 0 Å². The van der Waals surface area contributed by atoms with Crippen molar-refractivity contribution in [3.8, 4) is 11.5 Å². The van der Waals surface area contributed by atoms with Gasteiger partial charge in [-0.1, -0.05) is 0 Å². The average molecular weight is 408 g/mol. The summed E-state index contributed by atoms with van der Waals surface area (Å²) in [6.45, 7) is 8.04. The topological polar surface area (TPSA) is 54.0 Å². The number of amides is 1. The second kappa shape index (κ2) is 7.84. The molecule has 158 valence electrons. The zero-order valence-corrected chi connectivity index (χ0v) is 17.7. The first-order valence-electron chi connectivity index (χ1n) is 10.9. The Morgan fingerprint density at radius 2 is 1.93 bits per heavy atom. The highest BCUT2D eigenvalue weighted by Crippen LogP contribution is 2.33. The van der Waals surface area contributed by atoms with E-state index in [2.05, 4.69) is 41.1 Å². The van der Waals surface area contributed by atoms with Crippen molar-refractivity contribution in [2.45, 2.75) is 45.2 Å². The molecule has 2 aromatic carbocycles. The van der Waals surface area contributed by atoms with E-state index in [0.29, 0.717) is 29.1 Å². The lowest BCUT2D eigenvalue weighted by Gasteiger charge is -2.28. The number of carbonyl (C=O) groups excluding carboxylic acids is 1. The van der Waals surface area contributed by atoms with E-state index in [9.17, 15) is 4.79 Å². The maximum Gasteiger partial charge on any atom is 0.255 e. The van der Waals surface area contributed by atoms with Gasteiger partial charge in [-0.15, -0.1) is 0 Å². The Morgan fingerprint density at radius 1 is 1.07 bits per heavy atom. The summed E-state index contributed by atoms with van der Waals surface area (Å²) in [7, 11) is 0. The molecule has 1 N–H and O–H groups in total. The van der Waals surface area contributed by atoms with Crippen LogP contribution in [0.15, 0.2) is 36.4 Å². The summed E-state index contributed by atoms with van der Waals surface area (Å²) in [4.78, 5) is 17.9. The van der Waals surface area contributed by atoms with Crippen molar-refractivity contribution in [2.24, 2.45) is 0 Å². The Balaban J connectivity index is 1.25. The van der Waals surface area contributed by atoms with Crippen LogP contribution in [0.5, 0.6) is 11.5 Å². The molecule has 0 bridgehead atoms. The Morgan fingerprint density at radius 3 is 2.73 bits per heavy atom. The summed E-state index contributed by atoms with van der Waals surface area (Å²) in [6.07, 6.45) is 3.88. The monoisotopic (exact) mass is 407 g/mol. The van der Waals surface area contributed by atoms with Crippen molar-refractivity contribution in [3.05, 3.63) is 47.5 Å². The molecule has 6 nitrogen and oxygen atoms in total. The van der Waals surface area contributed by atoms with Gasteiger partial charge in [0, 0.05) is 42.1 Å². The van der Waals surface area contributed by atoms with E-state index in [-0.39, 0.29) is 12.7 Å². The largest absolute Gasteiger partial charge is 0.454 e. The number of ether oxygens (including phenoxy) is 2. The molecule has 2 unspecified atom stereocenters. The Hall–Kier alpha value is -2.73. The number of nitrogens with zero attached hydrogens (tertiary/aromatic N) is 2. The Labute approximate surface area is 177 Å². The number of hydrogen-bond donors (Lipinski definition) is 1. The summed E-state index contributed by atoms with van der Waals surface area (Å²) < 4.78 is 10.7. The summed E-state index contributed by atoms with van der Waals surface area (Å²) in [6, 6.07) is 13.0. The molecule has 6 heteroatoms. The molecule has 2 saturated heterocycles. The maximum atomic E-state index is 12.7. The summed E-state index contributed by atoms with van der Waals surface area (Å²) >= 11 is 0. The van der Waals surface area contributed by atoms with E-state index in [1.54, 1.807) is 18.2 Å². The number of fused-ring (bicyclic) bond motifs is 1. The molecule has 1 amide bonds. The molecule has 3 heterocycles. The number of benzene rings is 2. The lowest BCUT2D eigenvalue weighted by molar-refractivity contribution is 0.102. The van der Waals surface area contributed by atoms with Crippen molar-refractivity contribution in [3.63, 3.8) is 0 Å². The predicted octanol–water partition coefficient (Wildman–Crippen LogP) is 4.04. The zero-order chi connectivity index (χ0) is 20.7. The van der Waals surface area contributed by atoms with Crippen LogP contribution in [0.4, 0.5) is 11.4 Å². The number of aryl methyl sites for hydroxylation is 1. The van der Waals surface area contributed by atoms with Gasteiger partial charge in [-0.2, -0.15) is 0 Å². The van der Waals surface area contributed by atoms with Crippen LogP contribution >= 0.6 is 0 Å². The van der Waals surface area contributed by atoms with E-state index in [1.165, 1.54) is 31.5 Å². The Kier molecular flexibility index (Phi) is 5.03. The molecule has 0 aliphatic carbocycles.